The highest BCUT2D eigenvalue weighted by atomic mass is 16.5. The van der Waals surface area contributed by atoms with Crippen molar-refractivity contribution in [1.29, 1.82) is 0 Å². The van der Waals surface area contributed by atoms with Crippen molar-refractivity contribution in [2.24, 2.45) is 5.92 Å². The van der Waals surface area contributed by atoms with Crippen LogP contribution in [0.4, 0.5) is 0 Å². The van der Waals surface area contributed by atoms with Crippen molar-refractivity contribution in [2.75, 3.05) is 6.61 Å². The summed E-state index contributed by atoms with van der Waals surface area (Å²) in [5, 5.41) is 29.6. The van der Waals surface area contributed by atoms with Crippen LogP contribution in [0.15, 0.2) is 18.2 Å². The third-order valence-corrected chi connectivity index (χ3v) is 3.76. The zero-order valence-corrected chi connectivity index (χ0v) is 13.5. The van der Waals surface area contributed by atoms with Crippen LogP contribution >= 0.6 is 0 Å². The van der Waals surface area contributed by atoms with E-state index in [1.54, 1.807) is 19.1 Å². The number of esters is 1. The molecule has 0 amide bonds. The number of hydrogen-bond donors (Lipinski definition) is 3. The molecule has 0 bridgehead atoms. The zero-order chi connectivity index (χ0) is 16.8. The Morgan fingerprint density at radius 1 is 1.41 bits per heavy atom. The lowest BCUT2D eigenvalue weighted by Crippen LogP contribution is -2.22. The van der Waals surface area contributed by atoms with Crippen LogP contribution < -0.4 is 0 Å². The van der Waals surface area contributed by atoms with E-state index in [2.05, 4.69) is 0 Å². The average molecular weight is 310 g/mol. The number of carbonyl (C=O) groups excluding carboxylic acids is 1. The van der Waals surface area contributed by atoms with E-state index in [0.717, 1.165) is 12.8 Å². The molecular weight excluding hydrogens is 284 g/mol. The molecule has 0 aliphatic carbocycles. The fraction of sp³-hybridized carbons (Fsp3) is 0.588. The summed E-state index contributed by atoms with van der Waals surface area (Å²) >= 11 is 0. The molecule has 0 spiro atoms. The summed E-state index contributed by atoms with van der Waals surface area (Å²) in [5.41, 5.74) is -0.0800. The van der Waals surface area contributed by atoms with Gasteiger partial charge in [0.25, 0.3) is 0 Å². The first-order chi connectivity index (χ1) is 10.3. The number of rotatable bonds is 8. The summed E-state index contributed by atoms with van der Waals surface area (Å²) in [6.45, 7) is 5.27. The number of ether oxygens (including phenoxy) is 1. The summed E-state index contributed by atoms with van der Waals surface area (Å²) in [4.78, 5) is 10.7. The van der Waals surface area contributed by atoms with Crippen LogP contribution in [0.1, 0.15) is 51.2 Å². The molecule has 0 fully saturated rings. The van der Waals surface area contributed by atoms with Crippen LogP contribution in [0.3, 0.4) is 0 Å². The van der Waals surface area contributed by atoms with E-state index in [4.69, 9.17) is 9.84 Å². The van der Waals surface area contributed by atoms with Gasteiger partial charge in [-0.2, -0.15) is 0 Å². The maximum Gasteiger partial charge on any atom is 0.302 e. The molecule has 0 aliphatic rings. The molecule has 1 rings (SSSR count). The molecule has 0 unspecified atom stereocenters. The summed E-state index contributed by atoms with van der Waals surface area (Å²) < 4.78 is 4.95. The highest BCUT2D eigenvalue weighted by Crippen LogP contribution is 2.34. The smallest absolute Gasteiger partial charge is 0.302 e. The van der Waals surface area contributed by atoms with Crippen LogP contribution in [0.5, 0.6) is 5.75 Å². The molecule has 1 aromatic rings. The van der Waals surface area contributed by atoms with Crippen molar-refractivity contribution in [3.05, 3.63) is 29.3 Å². The Labute approximate surface area is 131 Å². The van der Waals surface area contributed by atoms with Crippen molar-refractivity contribution in [1.82, 2.24) is 0 Å². The van der Waals surface area contributed by atoms with Gasteiger partial charge in [0, 0.05) is 12.5 Å². The zero-order valence-electron chi connectivity index (χ0n) is 13.5. The van der Waals surface area contributed by atoms with Gasteiger partial charge in [-0.05, 0) is 43.7 Å². The van der Waals surface area contributed by atoms with Crippen LogP contribution in [0, 0.1) is 5.92 Å². The lowest BCUT2D eigenvalue weighted by atomic mass is 9.88. The van der Waals surface area contributed by atoms with Gasteiger partial charge in [-0.15, -0.1) is 0 Å². The van der Waals surface area contributed by atoms with Crippen molar-refractivity contribution < 1.29 is 24.9 Å². The second-order valence-electron chi connectivity index (χ2n) is 6.08. The van der Waals surface area contributed by atoms with Gasteiger partial charge in [0.15, 0.2) is 0 Å². The van der Waals surface area contributed by atoms with Gasteiger partial charge in [-0.1, -0.05) is 19.1 Å². The lowest BCUT2D eigenvalue weighted by molar-refractivity contribution is -0.142. The van der Waals surface area contributed by atoms with Gasteiger partial charge in [-0.3, -0.25) is 4.79 Å². The molecule has 0 aromatic heterocycles. The Balaban J connectivity index is 2.55. The summed E-state index contributed by atoms with van der Waals surface area (Å²) in [5.74, 6) is -0.0673. The van der Waals surface area contributed by atoms with Crippen LogP contribution in [0.2, 0.25) is 0 Å². The first-order valence-corrected chi connectivity index (χ1v) is 7.55. The number of hydrogen-bond acceptors (Lipinski definition) is 5. The van der Waals surface area contributed by atoms with E-state index in [-0.39, 0.29) is 24.2 Å². The Morgan fingerprint density at radius 2 is 2.09 bits per heavy atom. The molecule has 0 saturated heterocycles. The number of aliphatic hydroxyl groups is 2. The first-order valence-electron chi connectivity index (χ1n) is 7.55. The topological polar surface area (TPSA) is 87.0 Å². The van der Waals surface area contributed by atoms with Gasteiger partial charge in [-0.25, -0.2) is 0 Å². The number of aromatic hydroxyl groups is 1. The minimum Gasteiger partial charge on any atom is -0.508 e. The Hall–Kier alpha value is -1.59. The summed E-state index contributed by atoms with van der Waals surface area (Å²) in [6, 6.07) is 4.79. The number of carbonyl (C=O) groups is 1. The largest absolute Gasteiger partial charge is 0.508 e. The third kappa shape index (κ3) is 5.66. The summed E-state index contributed by atoms with van der Waals surface area (Å²) in [7, 11) is 0. The average Bonchev–Trinajstić information content (AvgIpc) is 2.44. The molecule has 0 aliphatic heterocycles. The number of phenols is 1. The molecular formula is C17H26O5. The highest BCUT2D eigenvalue weighted by molar-refractivity contribution is 5.65. The molecule has 5 nitrogen and oxygen atoms in total. The van der Waals surface area contributed by atoms with Crippen molar-refractivity contribution >= 4 is 5.97 Å². The van der Waals surface area contributed by atoms with E-state index < -0.39 is 5.60 Å². The number of aliphatic hydroxyl groups excluding tert-OH is 1. The van der Waals surface area contributed by atoms with Crippen molar-refractivity contribution in [3.63, 3.8) is 0 Å². The summed E-state index contributed by atoms with van der Waals surface area (Å²) in [6.07, 6.45) is 2.05. The fourth-order valence-corrected chi connectivity index (χ4v) is 2.40. The molecule has 0 saturated carbocycles. The standard InChI is InChI=1S/C17H26O5/c1-12(11-22-13(2)19)5-4-8-17(3,21)15-7-6-14(10-18)9-16(15)20/h6-7,9,12,18,20-21H,4-5,8,10-11H2,1-3H3/t12-,17+/m1/s1. The molecule has 124 valence electrons. The minimum absolute atomic E-state index is 0.00971. The van der Waals surface area contributed by atoms with Gasteiger partial charge in [0.1, 0.15) is 5.75 Å². The first kappa shape index (κ1) is 18.5. The quantitative estimate of drug-likeness (QED) is 0.642. The van der Waals surface area contributed by atoms with E-state index in [9.17, 15) is 15.0 Å². The van der Waals surface area contributed by atoms with Gasteiger partial charge >= 0.3 is 5.97 Å². The SMILES string of the molecule is CC(=O)OC[C@H](C)CCC[C@](C)(O)c1ccc(CO)cc1O. The second kappa shape index (κ2) is 8.15. The Kier molecular flexibility index (Phi) is 6.84. The number of phenolic OH excluding ortho intramolecular Hbond substituents is 1. The molecule has 0 heterocycles. The van der Waals surface area contributed by atoms with Crippen molar-refractivity contribution in [2.45, 2.75) is 52.2 Å². The third-order valence-electron chi connectivity index (χ3n) is 3.76. The maximum atomic E-state index is 10.7. The molecule has 3 N–H and O–H groups in total. The maximum absolute atomic E-state index is 10.7. The second-order valence-corrected chi connectivity index (χ2v) is 6.08. The van der Waals surface area contributed by atoms with Gasteiger partial charge in [0.05, 0.1) is 18.8 Å². The van der Waals surface area contributed by atoms with Gasteiger partial charge < -0.3 is 20.1 Å². The molecule has 1 aromatic carbocycles. The Morgan fingerprint density at radius 3 is 2.64 bits per heavy atom. The van der Waals surface area contributed by atoms with E-state index in [0.29, 0.717) is 24.2 Å². The fourth-order valence-electron chi connectivity index (χ4n) is 2.40. The molecule has 22 heavy (non-hydrogen) atoms. The lowest BCUT2D eigenvalue weighted by Gasteiger charge is -2.25. The van der Waals surface area contributed by atoms with Crippen LogP contribution in [0.25, 0.3) is 0 Å². The normalized spacial score (nSPS) is 15.1. The van der Waals surface area contributed by atoms with Crippen LogP contribution in [-0.4, -0.2) is 27.9 Å². The Bertz CT molecular complexity index is 496. The van der Waals surface area contributed by atoms with E-state index in [1.807, 2.05) is 6.92 Å². The highest BCUT2D eigenvalue weighted by Gasteiger charge is 2.26. The van der Waals surface area contributed by atoms with E-state index in [1.165, 1.54) is 13.0 Å². The monoisotopic (exact) mass is 310 g/mol. The number of benzene rings is 1. The molecule has 0 radical (unpaired) electrons. The predicted molar refractivity (Wildman–Crippen MR) is 83.2 cm³/mol. The molecule has 2 atom stereocenters. The van der Waals surface area contributed by atoms with Gasteiger partial charge in [0.2, 0.25) is 0 Å². The van der Waals surface area contributed by atoms with Crippen molar-refractivity contribution in [3.8, 4) is 5.75 Å². The predicted octanol–water partition coefficient (Wildman–Crippen LogP) is 2.46. The van der Waals surface area contributed by atoms with E-state index >= 15 is 0 Å². The molecule has 5 heteroatoms. The minimum atomic E-state index is -1.14. The van der Waals surface area contributed by atoms with Crippen LogP contribution in [-0.2, 0) is 21.7 Å².